The number of aliphatic hydroxyl groups is 2. The van der Waals surface area contributed by atoms with Gasteiger partial charge in [0, 0.05) is 7.11 Å². The van der Waals surface area contributed by atoms with E-state index >= 15 is 0 Å². The highest BCUT2D eigenvalue weighted by molar-refractivity contribution is 5.37. The molecule has 130 valence electrons. The molecule has 0 amide bonds. The molecule has 23 heavy (non-hydrogen) atoms. The van der Waals surface area contributed by atoms with Gasteiger partial charge in [-0.1, -0.05) is 67.0 Å². The van der Waals surface area contributed by atoms with E-state index in [0.29, 0.717) is 5.41 Å². The maximum Gasteiger partial charge on any atom is 0.0617 e. The van der Waals surface area contributed by atoms with Crippen LogP contribution in [0.1, 0.15) is 53.9 Å². The Bertz CT molecular complexity index is 500. The summed E-state index contributed by atoms with van der Waals surface area (Å²) in [6.07, 6.45) is 16.3. The largest absolute Gasteiger partial charge is 0.400 e. The fraction of sp³-hybridized carbons (Fsp3) is 0.524. The number of aliphatic hydroxyl groups excluding tert-OH is 2. The van der Waals surface area contributed by atoms with Crippen LogP contribution >= 0.6 is 0 Å². The molecule has 0 radical (unpaired) electrons. The van der Waals surface area contributed by atoms with Crippen molar-refractivity contribution >= 4 is 0 Å². The first kappa shape index (κ1) is 21.6. The fourth-order valence-electron chi connectivity index (χ4n) is 2.84. The number of hydrogen-bond donors (Lipinski definition) is 2. The first-order chi connectivity index (χ1) is 10.9. The Hall–Kier alpha value is -1.38. The predicted molar refractivity (Wildman–Crippen MR) is 101 cm³/mol. The first-order valence-electron chi connectivity index (χ1n) is 8.32. The van der Waals surface area contributed by atoms with E-state index in [2.05, 4.69) is 45.9 Å². The van der Waals surface area contributed by atoms with Crippen LogP contribution in [0.4, 0.5) is 0 Å². The molecule has 0 atom stereocenters. The lowest BCUT2D eigenvalue weighted by molar-refractivity contribution is 0.342. The van der Waals surface area contributed by atoms with Crippen molar-refractivity contribution < 1.29 is 10.2 Å². The topological polar surface area (TPSA) is 40.5 Å². The minimum absolute atomic E-state index is 0.0985. The van der Waals surface area contributed by atoms with Gasteiger partial charge in [0.15, 0.2) is 0 Å². The van der Waals surface area contributed by atoms with E-state index in [4.69, 9.17) is 10.2 Å². The summed E-state index contributed by atoms with van der Waals surface area (Å²) in [5.74, 6) is 0. The van der Waals surface area contributed by atoms with Gasteiger partial charge in [-0.05, 0) is 51.0 Å². The van der Waals surface area contributed by atoms with Gasteiger partial charge in [0.25, 0.3) is 0 Å². The lowest BCUT2D eigenvalue weighted by Gasteiger charge is -2.32. The third-order valence-electron chi connectivity index (χ3n) is 4.19. The van der Waals surface area contributed by atoms with E-state index in [1.807, 2.05) is 19.1 Å². The van der Waals surface area contributed by atoms with Crippen molar-refractivity contribution in [2.75, 3.05) is 13.7 Å². The van der Waals surface area contributed by atoms with Gasteiger partial charge in [-0.2, -0.15) is 0 Å². The molecule has 0 bridgehead atoms. The average Bonchev–Trinajstić information content (AvgIpc) is 2.48. The Morgan fingerprint density at radius 2 is 1.78 bits per heavy atom. The van der Waals surface area contributed by atoms with Gasteiger partial charge in [-0.3, -0.25) is 0 Å². The molecule has 0 aliphatic heterocycles. The quantitative estimate of drug-likeness (QED) is 0.691. The molecule has 2 nitrogen and oxygen atoms in total. The van der Waals surface area contributed by atoms with Crippen LogP contribution in [-0.4, -0.2) is 23.9 Å². The zero-order valence-corrected chi connectivity index (χ0v) is 15.7. The van der Waals surface area contributed by atoms with Crippen molar-refractivity contribution in [3.8, 4) is 0 Å². The lowest BCUT2D eigenvalue weighted by atomic mass is 9.72. The molecule has 0 aromatic rings. The Labute approximate surface area is 142 Å². The van der Waals surface area contributed by atoms with Crippen LogP contribution < -0.4 is 0 Å². The summed E-state index contributed by atoms with van der Waals surface area (Å²) in [7, 11) is 1.00. The lowest BCUT2D eigenvalue weighted by Crippen LogP contribution is -2.19. The van der Waals surface area contributed by atoms with Crippen LogP contribution in [0.15, 0.2) is 58.7 Å². The number of hydrogen-bond acceptors (Lipinski definition) is 2. The minimum atomic E-state index is 0.0985. The fourth-order valence-corrected chi connectivity index (χ4v) is 2.84. The standard InChI is InChI=1S/C20H30O.CH4O/c1-16(8-6-9-17(2)13-15-21)11-12-19-18(3)10-7-14-20(19,4)5;1-2/h6,8-9,11-13,21H,7,10,14-15H2,1-5H3;2H,1H3/b9-6+,12-11+,16-8+,17-13+;. The van der Waals surface area contributed by atoms with Gasteiger partial charge in [0.05, 0.1) is 6.61 Å². The van der Waals surface area contributed by atoms with Crippen molar-refractivity contribution in [1.29, 1.82) is 0 Å². The number of allylic oxidation sites excluding steroid dienone is 9. The average molecular weight is 319 g/mol. The minimum Gasteiger partial charge on any atom is -0.400 e. The Morgan fingerprint density at radius 1 is 1.13 bits per heavy atom. The van der Waals surface area contributed by atoms with E-state index in [0.717, 1.165) is 12.7 Å². The Balaban J connectivity index is 0.00000232. The van der Waals surface area contributed by atoms with Crippen molar-refractivity contribution in [3.05, 3.63) is 58.7 Å². The van der Waals surface area contributed by atoms with Crippen molar-refractivity contribution in [3.63, 3.8) is 0 Å². The highest BCUT2D eigenvalue weighted by Gasteiger charge is 2.26. The van der Waals surface area contributed by atoms with Crippen molar-refractivity contribution in [2.45, 2.75) is 53.9 Å². The molecule has 0 heterocycles. The predicted octanol–water partition coefficient (Wildman–Crippen LogP) is 5.12. The molecule has 0 unspecified atom stereocenters. The summed E-state index contributed by atoms with van der Waals surface area (Å²) in [6.45, 7) is 11.2. The molecule has 2 N–H and O–H groups in total. The summed E-state index contributed by atoms with van der Waals surface area (Å²) in [5, 5.41) is 15.8. The van der Waals surface area contributed by atoms with E-state index in [9.17, 15) is 0 Å². The van der Waals surface area contributed by atoms with Gasteiger partial charge in [0.1, 0.15) is 0 Å². The van der Waals surface area contributed by atoms with Gasteiger partial charge in [-0.15, -0.1) is 0 Å². The molecule has 0 aromatic carbocycles. The Morgan fingerprint density at radius 3 is 2.35 bits per heavy atom. The third kappa shape index (κ3) is 8.15. The van der Waals surface area contributed by atoms with Crippen LogP contribution in [-0.2, 0) is 0 Å². The van der Waals surface area contributed by atoms with E-state index in [-0.39, 0.29) is 6.61 Å². The van der Waals surface area contributed by atoms with Crippen molar-refractivity contribution in [1.82, 2.24) is 0 Å². The van der Waals surface area contributed by atoms with Crippen LogP contribution in [0, 0.1) is 5.41 Å². The van der Waals surface area contributed by atoms with Crippen LogP contribution in [0.2, 0.25) is 0 Å². The molecule has 0 aromatic heterocycles. The maximum atomic E-state index is 8.81. The summed E-state index contributed by atoms with van der Waals surface area (Å²) < 4.78 is 0. The highest BCUT2D eigenvalue weighted by Crippen LogP contribution is 2.40. The summed E-state index contributed by atoms with van der Waals surface area (Å²) in [4.78, 5) is 0. The second-order valence-corrected chi connectivity index (χ2v) is 6.67. The normalized spacial score (nSPS) is 19.3. The van der Waals surface area contributed by atoms with Crippen LogP contribution in [0.25, 0.3) is 0 Å². The zero-order valence-electron chi connectivity index (χ0n) is 15.7. The second kappa shape index (κ2) is 11.2. The molecule has 0 saturated heterocycles. The van der Waals surface area contributed by atoms with Gasteiger partial charge in [0.2, 0.25) is 0 Å². The highest BCUT2D eigenvalue weighted by atomic mass is 16.2. The van der Waals surface area contributed by atoms with E-state index in [1.54, 1.807) is 6.08 Å². The SMILES string of the molecule is CC1=C(/C=C/C(C)=C/C=C/C(C)=C/CO)C(C)(C)CCC1.CO. The molecule has 0 spiro atoms. The Kier molecular flexibility index (Phi) is 10.5. The summed E-state index contributed by atoms with van der Waals surface area (Å²) in [6, 6.07) is 0. The molecular formula is C21H34O2. The van der Waals surface area contributed by atoms with E-state index < -0.39 is 0 Å². The molecule has 1 aliphatic rings. The third-order valence-corrected chi connectivity index (χ3v) is 4.19. The van der Waals surface area contributed by atoms with Crippen LogP contribution in [0.5, 0.6) is 0 Å². The maximum absolute atomic E-state index is 8.81. The molecule has 2 heteroatoms. The van der Waals surface area contributed by atoms with Gasteiger partial charge >= 0.3 is 0 Å². The van der Waals surface area contributed by atoms with Gasteiger partial charge < -0.3 is 10.2 Å². The number of rotatable bonds is 5. The smallest absolute Gasteiger partial charge is 0.0617 e. The van der Waals surface area contributed by atoms with Crippen molar-refractivity contribution in [2.24, 2.45) is 5.41 Å². The molecule has 0 fully saturated rings. The molecular weight excluding hydrogens is 284 g/mol. The van der Waals surface area contributed by atoms with Crippen LogP contribution in [0.3, 0.4) is 0 Å². The van der Waals surface area contributed by atoms with E-state index in [1.165, 1.54) is 36.0 Å². The molecule has 1 rings (SSSR count). The summed E-state index contributed by atoms with van der Waals surface area (Å²) >= 11 is 0. The first-order valence-corrected chi connectivity index (χ1v) is 8.32. The monoisotopic (exact) mass is 318 g/mol. The summed E-state index contributed by atoms with van der Waals surface area (Å²) in [5.41, 5.74) is 5.66. The second-order valence-electron chi connectivity index (χ2n) is 6.67. The molecule has 0 saturated carbocycles. The van der Waals surface area contributed by atoms with Gasteiger partial charge in [-0.25, -0.2) is 0 Å². The zero-order chi connectivity index (χ0) is 17.9. The molecule has 1 aliphatic carbocycles.